The average Bonchev–Trinajstić information content (AvgIpc) is 3.06. The third kappa shape index (κ3) is 6.51. The number of nitrogens with zero attached hydrogens (tertiary/aromatic N) is 1. The highest BCUT2D eigenvalue weighted by Crippen LogP contribution is 2.17. The number of aliphatic imine (C=N–C) groups is 1. The molecular weight excluding hydrogens is 320 g/mol. The van der Waals surface area contributed by atoms with Crippen molar-refractivity contribution in [3.05, 3.63) is 21.9 Å². The van der Waals surface area contributed by atoms with E-state index >= 15 is 0 Å². The molecule has 0 aliphatic heterocycles. The van der Waals surface area contributed by atoms with Crippen molar-refractivity contribution < 1.29 is 4.79 Å². The number of hydrogen-bond acceptors (Lipinski definition) is 3. The summed E-state index contributed by atoms with van der Waals surface area (Å²) >= 11 is 1.82. The Morgan fingerprint density at radius 2 is 1.92 bits per heavy atom. The van der Waals surface area contributed by atoms with Crippen LogP contribution in [-0.4, -0.2) is 31.0 Å². The molecule has 134 valence electrons. The Hall–Kier alpha value is -1.56. The maximum atomic E-state index is 12.1. The Morgan fingerprint density at radius 3 is 2.58 bits per heavy atom. The van der Waals surface area contributed by atoms with Gasteiger partial charge in [-0.3, -0.25) is 4.79 Å². The minimum absolute atomic E-state index is 0.0171. The lowest BCUT2D eigenvalue weighted by Crippen LogP contribution is -2.40. The lowest BCUT2D eigenvalue weighted by atomic mass is 9.95. The van der Waals surface area contributed by atoms with E-state index in [1.54, 1.807) is 0 Å². The first-order valence-corrected chi connectivity index (χ1v) is 9.92. The third-order valence-electron chi connectivity index (χ3n) is 4.19. The van der Waals surface area contributed by atoms with Crippen molar-refractivity contribution in [2.24, 2.45) is 4.99 Å². The molecule has 1 aliphatic carbocycles. The van der Waals surface area contributed by atoms with Gasteiger partial charge in [-0.05, 0) is 38.3 Å². The minimum Gasteiger partial charge on any atom is -0.357 e. The van der Waals surface area contributed by atoms with E-state index in [2.05, 4.69) is 40.0 Å². The van der Waals surface area contributed by atoms with Gasteiger partial charge in [0.1, 0.15) is 6.54 Å². The molecule has 6 heteroatoms. The van der Waals surface area contributed by atoms with Crippen LogP contribution >= 0.6 is 11.3 Å². The number of nitrogens with one attached hydrogen (secondary N) is 3. The summed E-state index contributed by atoms with van der Waals surface area (Å²) in [6, 6.07) is 4.66. The van der Waals surface area contributed by atoms with Crippen molar-refractivity contribution in [3.63, 3.8) is 0 Å². The van der Waals surface area contributed by atoms with E-state index < -0.39 is 0 Å². The maximum absolute atomic E-state index is 12.1. The first-order valence-electron chi connectivity index (χ1n) is 9.10. The van der Waals surface area contributed by atoms with E-state index in [-0.39, 0.29) is 12.5 Å². The summed E-state index contributed by atoms with van der Waals surface area (Å²) in [7, 11) is 0. The Kier molecular flexibility index (Phi) is 8.08. The first-order chi connectivity index (χ1) is 11.7. The molecule has 1 aliphatic rings. The Balaban J connectivity index is 1.79. The van der Waals surface area contributed by atoms with Crippen LogP contribution in [0.1, 0.15) is 55.7 Å². The number of aryl methyl sites for hydroxylation is 1. The lowest BCUT2D eigenvalue weighted by molar-refractivity contribution is -0.120. The number of rotatable bonds is 7. The summed E-state index contributed by atoms with van der Waals surface area (Å²) in [6.45, 7) is 5.89. The Morgan fingerprint density at radius 1 is 1.17 bits per heavy atom. The van der Waals surface area contributed by atoms with Gasteiger partial charge >= 0.3 is 0 Å². The van der Waals surface area contributed by atoms with Crippen molar-refractivity contribution in [2.75, 3.05) is 13.1 Å². The number of amides is 1. The molecule has 3 N–H and O–H groups in total. The number of guanidine groups is 1. The number of carbonyl (C=O) groups excluding carboxylic acids is 1. The second kappa shape index (κ2) is 10.3. The predicted octanol–water partition coefficient (Wildman–Crippen LogP) is 2.81. The zero-order chi connectivity index (χ0) is 17.2. The van der Waals surface area contributed by atoms with Crippen LogP contribution in [0.2, 0.25) is 0 Å². The monoisotopic (exact) mass is 350 g/mol. The number of hydrogen-bond donors (Lipinski definition) is 3. The first kappa shape index (κ1) is 18.8. The molecule has 0 bridgehead atoms. The van der Waals surface area contributed by atoms with Crippen LogP contribution in [-0.2, 0) is 17.8 Å². The number of thiophene rings is 1. The van der Waals surface area contributed by atoms with Gasteiger partial charge in [-0.1, -0.05) is 26.2 Å². The van der Waals surface area contributed by atoms with E-state index in [1.165, 1.54) is 29.0 Å². The van der Waals surface area contributed by atoms with Crippen LogP contribution in [0.3, 0.4) is 0 Å². The summed E-state index contributed by atoms with van der Waals surface area (Å²) in [5.74, 6) is 0.714. The van der Waals surface area contributed by atoms with Gasteiger partial charge < -0.3 is 16.0 Å². The highest BCUT2D eigenvalue weighted by atomic mass is 32.1. The third-order valence-corrected chi connectivity index (χ3v) is 5.42. The van der Waals surface area contributed by atoms with Crippen LogP contribution < -0.4 is 16.0 Å². The van der Waals surface area contributed by atoms with E-state index in [4.69, 9.17) is 0 Å². The van der Waals surface area contributed by atoms with Gasteiger partial charge in [0.05, 0.1) is 6.54 Å². The van der Waals surface area contributed by atoms with Crippen molar-refractivity contribution >= 4 is 23.2 Å². The molecule has 1 heterocycles. The summed E-state index contributed by atoms with van der Waals surface area (Å²) in [6.07, 6.45) is 7.01. The number of carbonyl (C=O) groups is 1. The van der Waals surface area contributed by atoms with Gasteiger partial charge in [0, 0.05) is 22.3 Å². The zero-order valence-electron chi connectivity index (χ0n) is 14.9. The second-order valence-corrected chi connectivity index (χ2v) is 7.43. The summed E-state index contributed by atoms with van der Waals surface area (Å²) in [5, 5.41) is 9.60. The molecule has 2 rings (SSSR count). The molecule has 1 amide bonds. The second-order valence-electron chi connectivity index (χ2n) is 6.17. The SMILES string of the molecule is CCNC(=NCC(=O)NC1CCCCC1)NCc1ccc(CC)s1. The largest absolute Gasteiger partial charge is 0.357 e. The zero-order valence-corrected chi connectivity index (χ0v) is 15.7. The molecule has 0 aromatic carbocycles. The van der Waals surface area contributed by atoms with Gasteiger partial charge in [0.2, 0.25) is 5.91 Å². The van der Waals surface area contributed by atoms with Gasteiger partial charge in [-0.25, -0.2) is 4.99 Å². The Labute approximate surface area is 149 Å². The molecule has 1 saturated carbocycles. The quantitative estimate of drug-likeness (QED) is 0.523. The summed E-state index contributed by atoms with van der Waals surface area (Å²) in [5.41, 5.74) is 0. The summed E-state index contributed by atoms with van der Waals surface area (Å²) < 4.78 is 0. The van der Waals surface area contributed by atoms with Crippen LogP contribution in [0.5, 0.6) is 0 Å². The molecule has 0 radical (unpaired) electrons. The summed E-state index contributed by atoms with van der Waals surface area (Å²) in [4.78, 5) is 19.1. The van der Waals surface area contributed by atoms with Crippen molar-refractivity contribution in [2.45, 2.75) is 65.0 Å². The van der Waals surface area contributed by atoms with E-state index in [0.29, 0.717) is 12.0 Å². The molecule has 0 atom stereocenters. The van der Waals surface area contributed by atoms with Gasteiger partial charge in [-0.2, -0.15) is 0 Å². The molecule has 0 unspecified atom stereocenters. The standard InChI is InChI=1S/C18H30N4OS/c1-3-15-10-11-16(24-15)12-20-18(19-4-2)21-13-17(23)22-14-8-6-5-7-9-14/h10-11,14H,3-9,12-13H2,1-2H3,(H,22,23)(H2,19,20,21). The van der Waals surface area contributed by atoms with Gasteiger partial charge in [-0.15, -0.1) is 11.3 Å². The fourth-order valence-electron chi connectivity index (χ4n) is 2.89. The topological polar surface area (TPSA) is 65.5 Å². The molecule has 1 aromatic rings. The van der Waals surface area contributed by atoms with Crippen molar-refractivity contribution in [3.8, 4) is 0 Å². The van der Waals surface area contributed by atoms with Gasteiger partial charge in [0.15, 0.2) is 5.96 Å². The molecule has 0 saturated heterocycles. The fourth-order valence-corrected chi connectivity index (χ4v) is 3.79. The van der Waals surface area contributed by atoms with Crippen LogP contribution in [0.15, 0.2) is 17.1 Å². The van der Waals surface area contributed by atoms with E-state index in [1.807, 2.05) is 18.3 Å². The molecular formula is C18H30N4OS. The van der Waals surface area contributed by atoms with Crippen LogP contribution in [0.4, 0.5) is 0 Å². The Bertz CT molecular complexity index is 535. The molecule has 24 heavy (non-hydrogen) atoms. The predicted molar refractivity (Wildman–Crippen MR) is 102 cm³/mol. The highest BCUT2D eigenvalue weighted by molar-refractivity contribution is 7.11. The highest BCUT2D eigenvalue weighted by Gasteiger charge is 2.15. The fraction of sp³-hybridized carbons (Fsp3) is 0.667. The maximum Gasteiger partial charge on any atom is 0.242 e. The van der Waals surface area contributed by atoms with Crippen LogP contribution in [0, 0.1) is 0 Å². The van der Waals surface area contributed by atoms with Crippen molar-refractivity contribution in [1.82, 2.24) is 16.0 Å². The molecule has 0 spiro atoms. The molecule has 1 fully saturated rings. The van der Waals surface area contributed by atoms with E-state index in [9.17, 15) is 4.79 Å². The minimum atomic E-state index is 0.0171. The molecule has 5 nitrogen and oxygen atoms in total. The molecule has 1 aromatic heterocycles. The normalized spacial score (nSPS) is 16.0. The average molecular weight is 351 g/mol. The van der Waals surface area contributed by atoms with E-state index in [0.717, 1.165) is 32.4 Å². The lowest BCUT2D eigenvalue weighted by Gasteiger charge is -2.22. The van der Waals surface area contributed by atoms with Crippen molar-refractivity contribution in [1.29, 1.82) is 0 Å². The smallest absolute Gasteiger partial charge is 0.242 e. The van der Waals surface area contributed by atoms with Crippen LogP contribution in [0.25, 0.3) is 0 Å². The van der Waals surface area contributed by atoms with Gasteiger partial charge in [0.25, 0.3) is 0 Å².